The van der Waals surface area contributed by atoms with Gasteiger partial charge in [0.05, 0.1) is 6.54 Å². The molecule has 2 aromatic rings. The van der Waals surface area contributed by atoms with Crippen LogP contribution in [0.4, 0.5) is 4.39 Å². The van der Waals surface area contributed by atoms with Gasteiger partial charge in [-0.15, -0.1) is 0 Å². The van der Waals surface area contributed by atoms with Gasteiger partial charge < -0.3 is 0 Å². The molecule has 0 saturated carbocycles. The molecule has 25 heavy (non-hydrogen) atoms. The third-order valence-electron chi connectivity index (χ3n) is 4.84. The van der Waals surface area contributed by atoms with Gasteiger partial charge in [-0.05, 0) is 29.7 Å². The maximum atomic E-state index is 13.9. The van der Waals surface area contributed by atoms with Crippen LogP contribution in [-0.2, 0) is 17.8 Å². The third-order valence-corrected chi connectivity index (χ3v) is 4.84. The highest BCUT2D eigenvalue weighted by molar-refractivity contribution is 5.83. The molecule has 3 nitrogen and oxygen atoms in total. The fraction of sp³-hybridized carbons (Fsp3) is 0.381. The maximum Gasteiger partial charge on any atom is 0.151 e. The Hall–Kier alpha value is -2.04. The van der Waals surface area contributed by atoms with E-state index in [4.69, 9.17) is 0 Å². The summed E-state index contributed by atoms with van der Waals surface area (Å²) in [4.78, 5) is 16.9. The second-order valence-corrected chi connectivity index (χ2v) is 6.79. The van der Waals surface area contributed by atoms with Gasteiger partial charge >= 0.3 is 0 Å². The van der Waals surface area contributed by atoms with Crippen LogP contribution in [0, 0.1) is 12.7 Å². The van der Waals surface area contributed by atoms with Crippen LogP contribution in [0.5, 0.6) is 0 Å². The van der Waals surface area contributed by atoms with E-state index in [9.17, 15) is 9.18 Å². The lowest BCUT2D eigenvalue weighted by Gasteiger charge is -2.34. The minimum Gasteiger partial charge on any atom is -0.298 e. The first-order valence-electron chi connectivity index (χ1n) is 8.86. The fourth-order valence-electron chi connectivity index (χ4n) is 3.34. The lowest BCUT2D eigenvalue weighted by atomic mass is 10.0. The van der Waals surface area contributed by atoms with Crippen LogP contribution in [0.15, 0.2) is 48.5 Å². The van der Waals surface area contributed by atoms with Crippen LogP contribution in [0.3, 0.4) is 0 Å². The van der Waals surface area contributed by atoms with Crippen LogP contribution in [0.2, 0.25) is 0 Å². The van der Waals surface area contributed by atoms with Gasteiger partial charge in [0.25, 0.3) is 0 Å². The largest absolute Gasteiger partial charge is 0.298 e. The van der Waals surface area contributed by atoms with Crippen molar-refractivity contribution in [2.75, 3.05) is 32.7 Å². The van der Waals surface area contributed by atoms with Gasteiger partial charge in [0.15, 0.2) is 5.78 Å². The molecule has 1 aliphatic rings. The van der Waals surface area contributed by atoms with Crippen molar-refractivity contribution in [2.45, 2.75) is 19.9 Å². The molecule has 0 radical (unpaired) electrons. The summed E-state index contributed by atoms with van der Waals surface area (Å²) in [6, 6.07) is 15.4. The number of Topliss-reactive ketones (excluding diaryl/α,β-unsaturated/α-hetero) is 1. The van der Waals surface area contributed by atoms with Crippen molar-refractivity contribution in [3.8, 4) is 0 Å². The molecule has 0 bridgehead atoms. The predicted octanol–water partition coefficient (Wildman–Crippen LogP) is 3.06. The van der Waals surface area contributed by atoms with Crippen molar-refractivity contribution in [3.63, 3.8) is 0 Å². The number of hydrogen-bond donors (Lipinski definition) is 0. The Kier molecular flexibility index (Phi) is 5.95. The molecular weight excluding hydrogens is 315 g/mol. The Balaban J connectivity index is 1.46. The predicted molar refractivity (Wildman–Crippen MR) is 98.0 cm³/mol. The van der Waals surface area contributed by atoms with E-state index < -0.39 is 0 Å². The van der Waals surface area contributed by atoms with Gasteiger partial charge in [0.1, 0.15) is 5.82 Å². The molecule has 1 fully saturated rings. The van der Waals surface area contributed by atoms with Crippen LogP contribution in [-0.4, -0.2) is 48.3 Å². The average Bonchev–Trinajstić information content (AvgIpc) is 2.61. The van der Waals surface area contributed by atoms with Crippen LogP contribution >= 0.6 is 0 Å². The SMILES string of the molecule is Cc1cccc(F)c1CC(=O)CN1CCN(Cc2ccccc2)CC1. The Bertz CT molecular complexity index is 689. The molecule has 3 rings (SSSR count). The van der Waals surface area contributed by atoms with Crippen LogP contribution in [0.25, 0.3) is 0 Å². The number of ketones is 1. The first-order chi connectivity index (χ1) is 12.1. The van der Waals surface area contributed by atoms with Gasteiger partial charge in [-0.3, -0.25) is 14.6 Å². The van der Waals surface area contributed by atoms with E-state index >= 15 is 0 Å². The summed E-state index contributed by atoms with van der Waals surface area (Å²) in [6.45, 7) is 6.91. The van der Waals surface area contributed by atoms with E-state index in [2.05, 4.69) is 34.1 Å². The number of nitrogens with zero attached hydrogens (tertiary/aromatic N) is 2. The number of benzene rings is 2. The molecule has 0 aliphatic carbocycles. The van der Waals surface area contributed by atoms with Crippen molar-refractivity contribution in [1.29, 1.82) is 0 Å². The van der Waals surface area contributed by atoms with E-state index in [-0.39, 0.29) is 18.0 Å². The molecular formula is C21H25FN2O. The van der Waals surface area contributed by atoms with E-state index in [1.54, 1.807) is 6.07 Å². The monoisotopic (exact) mass is 340 g/mol. The smallest absolute Gasteiger partial charge is 0.151 e. The number of rotatable bonds is 6. The van der Waals surface area contributed by atoms with Gasteiger partial charge in [-0.2, -0.15) is 0 Å². The summed E-state index contributed by atoms with van der Waals surface area (Å²) in [5.41, 5.74) is 2.71. The molecule has 0 atom stereocenters. The number of carbonyl (C=O) groups is 1. The van der Waals surface area contributed by atoms with Crippen molar-refractivity contribution < 1.29 is 9.18 Å². The van der Waals surface area contributed by atoms with Gasteiger partial charge in [-0.25, -0.2) is 4.39 Å². The number of aryl methyl sites for hydroxylation is 1. The minimum absolute atomic E-state index is 0.0877. The Morgan fingerprint density at radius 3 is 2.32 bits per heavy atom. The zero-order valence-electron chi connectivity index (χ0n) is 14.7. The molecule has 0 N–H and O–H groups in total. The summed E-state index contributed by atoms with van der Waals surface area (Å²) in [5.74, 6) is -0.189. The van der Waals surface area contributed by atoms with Crippen molar-refractivity contribution in [1.82, 2.24) is 9.80 Å². The summed E-state index contributed by atoms with van der Waals surface area (Å²) < 4.78 is 13.9. The Morgan fingerprint density at radius 2 is 1.64 bits per heavy atom. The number of piperazine rings is 1. The Morgan fingerprint density at radius 1 is 0.960 bits per heavy atom. The first kappa shape index (κ1) is 17.8. The first-order valence-corrected chi connectivity index (χ1v) is 8.86. The lowest BCUT2D eigenvalue weighted by molar-refractivity contribution is -0.120. The lowest BCUT2D eigenvalue weighted by Crippen LogP contribution is -2.47. The molecule has 4 heteroatoms. The van der Waals surface area contributed by atoms with Crippen LogP contribution in [0.1, 0.15) is 16.7 Å². The number of halogens is 1. The van der Waals surface area contributed by atoms with E-state index in [1.165, 1.54) is 11.6 Å². The highest BCUT2D eigenvalue weighted by atomic mass is 19.1. The van der Waals surface area contributed by atoms with Crippen molar-refractivity contribution in [3.05, 3.63) is 71.0 Å². The molecule has 1 saturated heterocycles. The fourth-order valence-corrected chi connectivity index (χ4v) is 3.34. The molecule has 0 amide bonds. The second-order valence-electron chi connectivity index (χ2n) is 6.79. The van der Waals surface area contributed by atoms with Gasteiger partial charge in [-0.1, -0.05) is 42.5 Å². The molecule has 0 spiro atoms. The van der Waals surface area contributed by atoms with E-state index in [0.29, 0.717) is 12.1 Å². The van der Waals surface area contributed by atoms with E-state index in [0.717, 1.165) is 38.3 Å². The zero-order valence-corrected chi connectivity index (χ0v) is 14.7. The summed E-state index contributed by atoms with van der Waals surface area (Å²) in [5, 5.41) is 0. The minimum atomic E-state index is -0.277. The van der Waals surface area contributed by atoms with E-state index in [1.807, 2.05) is 19.1 Å². The second kappa shape index (κ2) is 8.37. The molecule has 132 valence electrons. The summed E-state index contributed by atoms with van der Waals surface area (Å²) in [6.07, 6.45) is 0.183. The molecule has 1 aliphatic heterocycles. The molecule has 0 aromatic heterocycles. The number of carbonyl (C=O) groups excluding carboxylic acids is 1. The molecule has 1 heterocycles. The highest BCUT2D eigenvalue weighted by Gasteiger charge is 2.20. The highest BCUT2D eigenvalue weighted by Crippen LogP contribution is 2.14. The standard InChI is InChI=1S/C21H25FN2O/c1-17-6-5-9-21(22)20(17)14-19(25)16-24-12-10-23(11-13-24)15-18-7-3-2-4-8-18/h2-9H,10-16H2,1H3. The molecule has 2 aromatic carbocycles. The number of hydrogen-bond acceptors (Lipinski definition) is 3. The van der Waals surface area contributed by atoms with Gasteiger partial charge in [0, 0.05) is 39.1 Å². The topological polar surface area (TPSA) is 23.6 Å². The quantitative estimate of drug-likeness (QED) is 0.807. The summed E-state index contributed by atoms with van der Waals surface area (Å²) >= 11 is 0. The average molecular weight is 340 g/mol. The maximum absolute atomic E-state index is 13.9. The van der Waals surface area contributed by atoms with Crippen molar-refractivity contribution >= 4 is 5.78 Å². The molecule has 0 unspecified atom stereocenters. The zero-order chi connectivity index (χ0) is 17.6. The van der Waals surface area contributed by atoms with Crippen LogP contribution < -0.4 is 0 Å². The summed E-state index contributed by atoms with van der Waals surface area (Å²) in [7, 11) is 0. The van der Waals surface area contributed by atoms with Gasteiger partial charge in [0.2, 0.25) is 0 Å². The van der Waals surface area contributed by atoms with Crippen molar-refractivity contribution in [2.24, 2.45) is 0 Å². The third kappa shape index (κ3) is 4.97. The Labute approximate surface area is 149 Å². The normalized spacial score (nSPS) is 16.1.